The van der Waals surface area contributed by atoms with Gasteiger partial charge in [-0.25, -0.2) is 4.79 Å². The van der Waals surface area contributed by atoms with Crippen LogP contribution in [0.15, 0.2) is 34.8 Å². The molecule has 3 heterocycles. The summed E-state index contributed by atoms with van der Waals surface area (Å²) in [6.07, 6.45) is -2.73. The lowest BCUT2D eigenvalue weighted by Gasteiger charge is -2.56. The molecule has 0 amide bonds. The Morgan fingerprint density at radius 2 is 1.94 bits per heavy atom. The molecule has 180 valence electrons. The van der Waals surface area contributed by atoms with Crippen molar-refractivity contribution in [3.8, 4) is 0 Å². The van der Waals surface area contributed by atoms with E-state index < -0.39 is 48.9 Å². The van der Waals surface area contributed by atoms with Gasteiger partial charge in [0.2, 0.25) is 6.29 Å². The van der Waals surface area contributed by atoms with Gasteiger partial charge in [0.15, 0.2) is 11.9 Å². The Kier molecular flexibility index (Phi) is 4.75. The maximum Gasteiger partial charge on any atom is 0.335 e. The molecular formula is C23H29NO9. The van der Waals surface area contributed by atoms with Gasteiger partial charge in [-0.05, 0) is 32.9 Å². The molecule has 6 aliphatic rings. The summed E-state index contributed by atoms with van der Waals surface area (Å²) >= 11 is 0. The van der Waals surface area contributed by atoms with Crippen LogP contribution < -0.4 is 0 Å². The summed E-state index contributed by atoms with van der Waals surface area (Å²) in [4.78, 5) is 13.8. The third-order valence-electron chi connectivity index (χ3n) is 8.51. The molecule has 10 nitrogen and oxygen atoms in total. The quantitative estimate of drug-likeness (QED) is 0.338. The Labute approximate surface area is 190 Å². The van der Waals surface area contributed by atoms with Crippen LogP contribution in [0.5, 0.6) is 0 Å². The van der Waals surface area contributed by atoms with Gasteiger partial charge in [-0.15, -0.1) is 0 Å². The highest BCUT2D eigenvalue weighted by Gasteiger charge is 2.66. The van der Waals surface area contributed by atoms with Crippen molar-refractivity contribution in [2.45, 2.75) is 74.6 Å². The number of piperidine rings is 1. The summed E-state index contributed by atoms with van der Waals surface area (Å²) in [7, 11) is 2.14. The van der Waals surface area contributed by atoms with Crippen LogP contribution in [-0.4, -0.2) is 98.9 Å². The number of rotatable bonds is 3. The number of carboxylic acids is 1. The number of aliphatic hydroxyl groups is 4. The fourth-order valence-electron chi connectivity index (χ4n) is 6.93. The number of allylic oxidation sites excluding steroid dienone is 2. The minimum absolute atomic E-state index is 0.199. The molecule has 3 saturated heterocycles. The van der Waals surface area contributed by atoms with Crippen LogP contribution in [-0.2, 0) is 19.0 Å². The molecule has 1 spiro atoms. The van der Waals surface area contributed by atoms with Crippen LogP contribution in [0.1, 0.15) is 25.7 Å². The molecule has 10 heteroatoms. The van der Waals surface area contributed by atoms with Gasteiger partial charge >= 0.3 is 5.97 Å². The van der Waals surface area contributed by atoms with Crippen LogP contribution in [0.2, 0.25) is 0 Å². The highest BCUT2D eigenvalue weighted by Crippen LogP contribution is 2.65. The van der Waals surface area contributed by atoms with E-state index in [-0.39, 0.29) is 11.3 Å². The molecule has 3 aliphatic carbocycles. The summed E-state index contributed by atoms with van der Waals surface area (Å²) in [6, 6.07) is 0.339. The van der Waals surface area contributed by atoms with Crippen LogP contribution in [0, 0.1) is 11.3 Å². The maximum atomic E-state index is 11.5. The molecule has 6 rings (SSSR count). The molecule has 0 saturated carbocycles. The van der Waals surface area contributed by atoms with Crippen LogP contribution in [0.4, 0.5) is 0 Å². The van der Waals surface area contributed by atoms with Crippen LogP contribution in [0.3, 0.4) is 0 Å². The van der Waals surface area contributed by atoms with Crippen molar-refractivity contribution >= 4 is 5.97 Å². The molecule has 0 aromatic carbocycles. The Morgan fingerprint density at radius 3 is 2.70 bits per heavy atom. The van der Waals surface area contributed by atoms with Gasteiger partial charge in [-0.1, -0.05) is 17.7 Å². The molecular weight excluding hydrogens is 434 g/mol. The van der Waals surface area contributed by atoms with Gasteiger partial charge in [-0.2, -0.15) is 0 Å². The average molecular weight is 463 g/mol. The fraction of sp³-hybridized carbons (Fsp3) is 0.696. The van der Waals surface area contributed by atoms with Crippen molar-refractivity contribution in [1.82, 2.24) is 4.90 Å². The Hall–Kier alpha value is -1.95. The third kappa shape index (κ3) is 2.79. The van der Waals surface area contributed by atoms with E-state index in [9.17, 15) is 30.3 Å². The smallest absolute Gasteiger partial charge is 0.335 e. The van der Waals surface area contributed by atoms with Gasteiger partial charge in [0.1, 0.15) is 36.3 Å². The summed E-state index contributed by atoms with van der Waals surface area (Å²) in [5.41, 5.74) is 2.01. The van der Waals surface area contributed by atoms with Crippen molar-refractivity contribution in [2.75, 3.05) is 13.6 Å². The van der Waals surface area contributed by atoms with Crippen molar-refractivity contribution in [3.63, 3.8) is 0 Å². The Morgan fingerprint density at radius 1 is 1.15 bits per heavy atom. The second-order valence-corrected chi connectivity index (χ2v) is 10.1. The molecule has 5 N–H and O–H groups in total. The van der Waals surface area contributed by atoms with Crippen molar-refractivity contribution < 1.29 is 44.5 Å². The molecule has 33 heavy (non-hydrogen) atoms. The number of ether oxygens (including phenoxy) is 3. The summed E-state index contributed by atoms with van der Waals surface area (Å²) in [6.45, 7) is 0.886. The molecule has 3 aliphatic heterocycles. The minimum atomic E-state index is -1.78. The molecule has 2 bridgehead atoms. The van der Waals surface area contributed by atoms with Gasteiger partial charge in [0.05, 0.1) is 0 Å². The second kappa shape index (κ2) is 7.27. The predicted molar refractivity (Wildman–Crippen MR) is 110 cm³/mol. The van der Waals surface area contributed by atoms with E-state index in [1.165, 1.54) is 5.57 Å². The van der Waals surface area contributed by atoms with Gasteiger partial charge in [0, 0.05) is 29.4 Å². The Balaban J connectivity index is 1.39. The van der Waals surface area contributed by atoms with E-state index in [0.717, 1.165) is 31.4 Å². The number of hydrogen-bond acceptors (Lipinski definition) is 9. The number of hydrogen-bond donors (Lipinski definition) is 5. The maximum absolute atomic E-state index is 11.5. The zero-order chi connectivity index (χ0) is 23.2. The lowest BCUT2D eigenvalue weighted by atomic mass is 9.52. The first kappa shape index (κ1) is 21.6. The van der Waals surface area contributed by atoms with Gasteiger partial charge < -0.3 is 44.6 Å². The van der Waals surface area contributed by atoms with E-state index in [2.05, 4.69) is 18.0 Å². The van der Waals surface area contributed by atoms with E-state index in [1.807, 2.05) is 6.08 Å². The lowest BCUT2D eigenvalue weighted by molar-refractivity contribution is -0.285. The second-order valence-electron chi connectivity index (χ2n) is 10.1. The first-order valence-electron chi connectivity index (χ1n) is 11.5. The number of aliphatic carboxylic acids is 1. The molecule has 0 aromatic heterocycles. The zero-order valence-electron chi connectivity index (χ0n) is 18.2. The number of aliphatic hydroxyl groups excluding tert-OH is 4. The summed E-state index contributed by atoms with van der Waals surface area (Å²) in [5, 5.41) is 50.7. The SMILES string of the molecule is CN1CC[C@]23C4=C5CCC(OC6O[C@H](C(=O)O)[C@@H](O)[C@H](O)[C@H]6O)=C4O[C@H]2[C@@H](O)C=C[C@H]3[C@H]1C5. The first-order valence-corrected chi connectivity index (χ1v) is 11.5. The van der Waals surface area contributed by atoms with Gasteiger partial charge in [-0.3, -0.25) is 0 Å². The number of carboxylic acid groups (broad SMARTS) is 1. The summed E-state index contributed by atoms with van der Waals surface area (Å²) < 4.78 is 17.7. The van der Waals surface area contributed by atoms with Crippen molar-refractivity contribution in [3.05, 3.63) is 34.8 Å². The molecule has 0 radical (unpaired) electrons. The number of carbonyl (C=O) groups is 1. The normalized spacial score (nSPS) is 48.5. The monoisotopic (exact) mass is 463 g/mol. The fourth-order valence-corrected chi connectivity index (χ4v) is 6.93. The van der Waals surface area contributed by atoms with Crippen LogP contribution >= 0.6 is 0 Å². The van der Waals surface area contributed by atoms with E-state index in [0.29, 0.717) is 24.0 Å². The molecule has 1 unspecified atom stereocenters. The number of likely N-dealkylation sites (tertiary alicyclic amines) is 1. The predicted octanol–water partition coefficient (Wildman–Crippen LogP) is -0.763. The zero-order valence-corrected chi connectivity index (χ0v) is 18.2. The van der Waals surface area contributed by atoms with Crippen molar-refractivity contribution in [2.24, 2.45) is 11.3 Å². The third-order valence-corrected chi connectivity index (χ3v) is 8.51. The highest BCUT2D eigenvalue weighted by molar-refractivity contribution is 5.73. The summed E-state index contributed by atoms with van der Waals surface area (Å²) in [5.74, 6) is -0.305. The van der Waals surface area contributed by atoms with Crippen LogP contribution in [0.25, 0.3) is 0 Å². The Bertz CT molecular complexity index is 975. The van der Waals surface area contributed by atoms with E-state index in [1.54, 1.807) is 0 Å². The standard InChI is InChI=1S/C23H29NO9/c1-24-7-6-23-10-3-4-12(25)20(23)32-18-13(5-2-9(14(18)23)8-11(10)24)31-22-17(28)15(26)16(27)19(33-22)21(29)30/h3-4,10-12,15-17,19-20,22,25-28H,2,5-8H2,1H3,(H,29,30)/t10-,11+,12-,15-,16-,17+,19-,20-,22?,23-/m0/s1. The largest absolute Gasteiger partial charge is 0.483 e. The lowest BCUT2D eigenvalue weighted by Crippen LogP contribution is -2.61. The molecule has 3 fully saturated rings. The minimum Gasteiger partial charge on any atom is -0.483 e. The van der Waals surface area contributed by atoms with Crippen molar-refractivity contribution in [1.29, 1.82) is 0 Å². The number of nitrogens with zero attached hydrogens (tertiary/aromatic N) is 1. The highest BCUT2D eigenvalue weighted by atomic mass is 16.7. The molecule has 10 atom stereocenters. The molecule has 0 aromatic rings. The van der Waals surface area contributed by atoms with E-state index in [4.69, 9.17) is 14.2 Å². The first-order chi connectivity index (χ1) is 15.7. The average Bonchev–Trinajstić information content (AvgIpc) is 3.14. The topological polar surface area (TPSA) is 149 Å². The van der Waals surface area contributed by atoms with Gasteiger partial charge in [0.25, 0.3) is 0 Å². The van der Waals surface area contributed by atoms with E-state index >= 15 is 0 Å².